The maximum atomic E-state index is 12.1. The van der Waals surface area contributed by atoms with Gasteiger partial charge in [0.1, 0.15) is 0 Å². The van der Waals surface area contributed by atoms with Crippen molar-refractivity contribution in [3.8, 4) is 0 Å². The van der Waals surface area contributed by atoms with Crippen molar-refractivity contribution < 1.29 is 14.6 Å². The van der Waals surface area contributed by atoms with Crippen molar-refractivity contribution in [3.63, 3.8) is 0 Å². The fourth-order valence-electron chi connectivity index (χ4n) is 3.25. The summed E-state index contributed by atoms with van der Waals surface area (Å²) in [5, 5.41) is 14.8. The molecule has 1 aliphatic rings. The van der Waals surface area contributed by atoms with Crippen molar-refractivity contribution in [2.45, 2.75) is 38.5 Å². The van der Waals surface area contributed by atoms with Gasteiger partial charge in [0.2, 0.25) is 0 Å². The first kappa shape index (κ1) is 17.8. The minimum Gasteiger partial charge on any atom is -0.313 e. The van der Waals surface area contributed by atoms with Gasteiger partial charge in [-0.25, -0.2) is 4.79 Å². The quantitative estimate of drug-likeness (QED) is 0.451. The molecule has 1 aliphatic carbocycles. The van der Waals surface area contributed by atoms with E-state index in [0.29, 0.717) is 11.5 Å². The number of nitro benzene ring substituents is 1. The summed E-state index contributed by atoms with van der Waals surface area (Å²) in [4.78, 5) is 27.5. The summed E-state index contributed by atoms with van der Waals surface area (Å²) in [5.41, 5.74) is 2.87. The fourth-order valence-corrected chi connectivity index (χ4v) is 3.25. The number of aryl methyl sites for hydroxylation is 1. The first-order chi connectivity index (χ1) is 12.5. The molecule has 0 unspecified atom stereocenters. The molecule has 2 aromatic rings. The van der Waals surface area contributed by atoms with E-state index in [4.69, 9.17) is 4.84 Å². The van der Waals surface area contributed by atoms with Crippen LogP contribution in [0.2, 0.25) is 0 Å². The predicted octanol–water partition coefficient (Wildman–Crippen LogP) is 4.77. The second-order valence-corrected chi connectivity index (χ2v) is 6.48. The highest BCUT2D eigenvalue weighted by Crippen LogP contribution is 2.31. The Morgan fingerprint density at radius 1 is 1.15 bits per heavy atom. The molecule has 0 aliphatic heterocycles. The topological polar surface area (TPSA) is 81.8 Å². The smallest absolute Gasteiger partial charge is 0.313 e. The standard InChI is InChI=1S/C20H20N2O4/c1-14-13-17(9-12-19(14)22(24)25)20(23)26-21-18-10-7-16(8-11-18)15-5-3-2-4-6-15/h2-6,9,12-13,16H,7-8,10-11H2,1H3. The normalized spacial score (nSPS) is 16.8. The molecule has 26 heavy (non-hydrogen) atoms. The van der Waals surface area contributed by atoms with Crippen LogP contribution in [0.4, 0.5) is 5.69 Å². The zero-order valence-corrected chi connectivity index (χ0v) is 14.6. The van der Waals surface area contributed by atoms with Crippen LogP contribution in [0.5, 0.6) is 0 Å². The molecule has 0 N–H and O–H groups in total. The van der Waals surface area contributed by atoms with Gasteiger partial charge in [-0.1, -0.05) is 35.5 Å². The van der Waals surface area contributed by atoms with E-state index in [1.54, 1.807) is 6.92 Å². The Hall–Kier alpha value is -3.02. The second kappa shape index (κ2) is 7.91. The molecule has 0 aromatic heterocycles. The molecule has 3 rings (SSSR count). The molecule has 0 heterocycles. The molecule has 0 radical (unpaired) electrons. The Kier molecular flexibility index (Phi) is 5.41. The average Bonchev–Trinajstić information content (AvgIpc) is 2.67. The summed E-state index contributed by atoms with van der Waals surface area (Å²) in [6, 6.07) is 14.5. The third-order valence-electron chi connectivity index (χ3n) is 4.72. The Balaban J connectivity index is 1.58. The number of oxime groups is 1. The molecule has 1 saturated carbocycles. The monoisotopic (exact) mass is 352 g/mol. The summed E-state index contributed by atoms with van der Waals surface area (Å²) in [6.07, 6.45) is 3.56. The fraction of sp³-hybridized carbons (Fsp3) is 0.300. The molecule has 134 valence electrons. The van der Waals surface area contributed by atoms with Crippen LogP contribution in [0, 0.1) is 17.0 Å². The molecule has 0 atom stereocenters. The molecule has 1 fully saturated rings. The third-order valence-corrected chi connectivity index (χ3v) is 4.72. The Labute approximate surface area is 151 Å². The van der Waals surface area contributed by atoms with Gasteiger partial charge in [0.25, 0.3) is 5.69 Å². The van der Waals surface area contributed by atoms with Crippen LogP contribution in [0.15, 0.2) is 53.7 Å². The highest BCUT2D eigenvalue weighted by atomic mass is 16.7. The largest absolute Gasteiger partial charge is 0.365 e. The minimum atomic E-state index is -0.597. The lowest BCUT2D eigenvalue weighted by Gasteiger charge is -2.22. The van der Waals surface area contributed by atoms with Gasteiger partial charge in [-0.15, -0.1) is 0 Å². The molecule has 2 aromatic carbocycles. The number of nitrogens with zero attached hydrogens (tertiary/aromatic N) is 2. The molecular formula is C20H20N2O4. The zero-order valence-electron chi connectivity index (χ0n) is 14.6. The van der Waals surface area contributed by atoms with E-state index >= 15 is 0 Å². The number of rotatable bonds is 4. The molecule has 0 bridgehead atoms. The van der Waals surface area contributed by atoms with Gasteiger partial charge in [0.15, 0.2) is 0 Å². The summed E-state index contributed by atoms with van der Waals surface area (Å²) >= 11 is 0. The minimum absolute atomic E-state index is 0.0212. The van der Waals surface area contributed by atoms with Crippen LogP contribution >= 0.6 is 0 Å². The lowest BCUT2D eigenvalue weighted by molar-refractivity contribution is -0.385. The van der Waals surface area contributed by atoms with E-state index in [-0.39, 0.29) is 11.3 Å². The number of benzene rings is 2. The van der Waals surface area contributed by atoms with Crippen molar-refractivity contribution in [2.75, 3.05) is 0 Å². The highest BCUT2D eigenvalue weighted by molar-refractivity contribution is 5.91. The Bertz CT molecular complexity index is 836. The van der Waals surface area contributed by atoms with E-state index < -0.39 is 10.9 Å². The predicted molar refractivity (Wildman–Crippen MR) is 98.3 cm³/mol. The van der Waals surface area contributed by atoms with Crippen LogP contribution in [0.3, 0.4) is 0 Å². The molecule has 6 heteroatoms. The van der Waals surface area contributed by atoms with E-state index in [0.717, 1.165) is 31.4 Å². The van der Waals surface area contributed by atoms with Crippen LogP contribution in [0.1, 0.15) is 53.1 Å². The highest BCUT2D eigenvalue weighted by Gasteiger charge is 2.20. The Morgan fingerprint density at radius 3 is 2.46 bits per heavy atom. The van der Waals surface area contributed by atoms with E-state index in [1.165, 1.54) is 23.8 Å². The van der Waals surface area contributed by atoms with E-state index in [9.17, 15) is 14.9 Å². The lowest BCUT2D eigenvalue weighted by atomic mass is 9.83. The molecule has 6 nitrogen and oxygen atoms in total. The van der Waals surface area contributed by atoms with Crippen LogP contribution < -0.4 is 0 Å². The van der Waals surface area contributed by atoms with Gasteiger partial charge < -0.3 is 4.84 Å². The van der Waals surface area contributed by atoms with E-state index in [2.05, 4.69) is 17.3 Å². The van der Waals surface area contributed by atoms with Crippen molar-refractivity contribution in [3.05, 3.63) is 75.3 Å². The molecule has 0 spiro atoms. The van der Waals surface area contributed by atoms with Crippen LogP contribution in [0.25, 0.3) is 0 Å². The molecule has 0 amide bonds. The summed E-state index contributed by atoms with van der Waals surface area (Å²) in [5.74, 6) is -0.0798. The number of carbonyl (C=O) groups excluding carboxylic acids is 1. The van der Waals surface area contributed by atoms with Gasteiger partial charge in [-0.05, 0) is 56.2 Å². The second-order valence-electron chi connectivity index (χ2n) is 6.48. The van der Waals surface area contributed by atoms with Gasteiger partial charge in [0, 0.05) is 11.6 Å². The van der Waals surface area contributed by atoms with Gasteiger partial charge in [0.05, 0.1) is 16.2 Å². The number of hydrogen-bond donors (Lipinski definition) is 0. The van der Waals surface area contributed by atoms with Crippen LogP contribution in [-0.4, -0.2) is 16.6 Å². The average molecular weight is 352 g/mol. The van der Waals surface area contributed by atoms with Gasteiger partial charge in [-0.2, -0.15) is 0 Å². The summed E-state index contributed by atoms with van der Waals surface area (Å²) in [6.45, 7) is 1.59. The van der Waals surface area contributed by atoms with Crippen molar-refractivity contribution in [2.24, 2.45) is 5.16 Å². The summed E-state index contributed by atoms with van der Waals surface area (Å²) < 4.78 is 0. The zero-order chi connectivity index (χ0) is 18.5. The number of hydrogen-bond acceptors (Lipinski definition) is 5. The van der Waals surface area contributed by atoms with Crippen molar-refractivity contribution in [1.29, 1.82) is 0 Å². The molecule has 0 saturated heterocycles. The Morgan fingerprint density at radius 2 is 1.85 bits per heavy atom. The van der Waals surface area contributed by atoms with Crippen molar-refractivity contribution >= 4 is 17.4 Å². The van der Waals surface area contributed by atoms with Gasteiger partial charge in [-0.3, -0.25) is 10.1 Å². The lowest BCUT2D eigenvalue weighted by Crippen LogP contribution is -2.14. The SMILES string of the molecule is Cc1cc(C(=O)ON=C2CCC(c3ccccc3)CC2)ccc1[N+](=O)[O-]. The number of carbonyl (C=O) groups is 1. The third kappa shape index (κ3) is 4.14. The maximum Gasteiger partial charge on any atom is 0.365 e. The maximum absolute atomic E-state index is 12.1. The first-order valence-corrected chi connectivity index (χ1v) is 8.61. The number of nitro groups is 1. The van der Waals surface area contributed by atoms with Crippen LogP contribution in [-0.2, 0) is 4.84 Å². The summed E-state index contributed by atoms with van der Waals surface area (Å²) in [7, 11) is 0. The van der Waals surface area contributed by atoms with Gasteiger partial charge >= 0.3 is 5.97 Å². The van der Waals surface area contributed by atoms with E-state index in [1.807, 2.05) is 18.2 Å². The molecular weight excluding hydrogens is 332 g/mol. The van der Waals surface area contributed by atoms with Crippen molar-refractivity contribution in [1.82, 2.24) is 0 Å². The first-order valence-electron chi connectivity index (χ1n) is 8.61.